The van der Waals surface area contributed by atoms with Crippen molar-refractivity contribution < 1.29 is 43.7 Å². The minimum absolute atomic E-state index is 0.0332. The van der Waals surface area contributed by atoms with Crippen LogP contribution in [0.15, 0.2) is 30.3 Å². The van der Waals surface area contributed by atoms with E-state index in [1.807, 2.05) is 49.1 Å². The highest BCUT2D eigenvalue weighted by molar-refractivity contribution is 5.83. The predicted octanol–water partition coefficient (Wildman–Crippen LogP) is 3.68. The van der Waals surface area contributed by atoms with Gasteiger partial charge in [0.05, 0.1) is 32.5 Å². The summed E-state index contributed by atoms with van der Waals surface area (Å²) in [6.07, 6.45) is 5.02. The van der Waals surface area contributed by atoms with Crippen molar-refractivity contribution in [2.75, 3.05) is 33.0 Å². The maximum Gasteiger partial charge on any atom is 0.323 e. The van der Waals surface area contributed by atoms with Crippen LogP contribution in [0, 0.1) is 20.2 Å². The number of unbranched alkanes of at least 4 members (excludes halogenated alkanes) is 3. The first-order valence-electron chi connectivity index (χ1n) is 14.9. The van der Waals surface area contributed by atoms with E-state index in [0.717, 1.165) is 18.4 Å². The minimum atomic E-state index is -0.847. The molecule has 1 rings (SSSR count). The number of nitrogens with zero attached hydrogens (tertiary/aromatic N) is 3. The zero-order valence-electron chi connectivity index (χ0n) is 26.2. The largest absolute Gasteiger partial charge is 0.468 e. The second-order valence-corrected chi connectivity index (χ2v) is 10.1. The van der Waals surface area contributed by atoms with Crippen LogP contribution in [0.3, 0.4) is 0 Å². The summed E-state index contributed by atoms with van der Waals surface area (Å²) in [4.78, 5) is 65.3. The minimum Gasteiger partial charge on any atom is -0.468 e. The topological polar surface area (TPSA) is 190 Å². The zero-order chi connectivity index (χ0) is 33.2. The van der Waals surface area contributed by atoms with Crippen molar-refractivity contribution in [2.45, 2.75) is 97.2 Å². The number of hydrogen-bond donors (Lipinski definition) is 1. The number of ether oxygens (including phenoxy) is 2. The molecule has 0 bridgehead atoms. The van der Waals surface area contributed by atoms with Crippen LogP contribution in [0.25, 0.3) is 0 Å². The van der Waals surface area contributed by atoms with Gasteiger partial charge in [0.15, 0.2) is 0 Å². The van der Waals surface area contributed by atoms with Crippen molar-refractivity contribution in [3.8, 4) is 0 Å². The lowest BCUT2D eigenvalue weighted by molar-refractivity contribution is -0.757. The fourth-order valence-corrected chi connectivity index (χ4v) is 3.89. The van der Waals surface area contributed by atoms with E-state index in [-0.39, 0.29) is 38.4 Å². The van der Waals surface area contributed by atoms with Crippen molar-refractivity contribution >= 4 is 18.3 Å². The van der Waals surface area contributed by atoms with Crippen molar-refractivity contribution in [3.63, 3.8) is 0 Å². The Bertz CT molecular complexity index is 951. The molecule has 1 amide bonds. The molecule has 15 heteroatoms. The summed E-state index contributed by atoms with van der Waals surface area (Å²) < 4.78 is 9.74. The molecule has 0 fully saturated rings. The summed E-state index contributed by atoms with van der Waals surface area (Å²) in [5.74, 6) is -0.460. The van der Waals surface area contributed by atoms with Crippen LogP contribution in [0.2, 0.25) is 0 Å². The second-order valence-electron chi connectivity index (χ2n) is 10.1. The molecule has 0 heterocycles. The first-order valence-corrected chi connectivity index (χ1v) is 14.9. The molecular formula is C29H48N4O11. The molecule has 0 radical (unpaired) electrons. The lowest BCUT2D eigenvalue weighted by Gasteiger charge is -2.31. The quantitative estimate of drug-likeness (QED) is 0.0575. The van der Waals surface area contributed by atoms with E-state index in [1.54, 1.807) is 6.92 Å². The molecule has 2 atom stereocenters. The van der Waals surface area contributed by atoms with Gasteiger partial charge in [-0.25, -0.2) is 0 Å². The predicted molar refractivity (Wildman–Crippen MR) is 160 cm³/mol. The van der Waals surface area contributed by atoms with E-state index >= 15 is 0 Å². The van der Waals surface area contributed by atoms with Gasteiger partial charge in [0.1, 0.15) is 6.04 Å². The molecule has 1 N–H and O–H groups in total. The molecule has 44 heavy (non-hydrogen) atoms. The molecule has 1 aromatic carbocycles. The summed E-state index contributed by atoms with van der Waals surface area (Å²) >= 11 is 0. The van der Waals surface area contributed by atoms with Gasteiger partial charge in [-0.1, -0.05) is 43.7 Å². The van der Waals surface area contributed by atoms with Gasteiger partial charge in [-0.2, -0.15) is 0 Å². The first kappa shape index (κ1) is 40.0. The van der Waals surface area contributed by atoms with Crippen LogP contribution >= 0.6 is 0 Å². The maximum atomic E-state index is 13.1. The molecule has 250 valence electrons. The zero-order valence-corrected chi connectivity index (χ0v) is 26.2. The molecule has 0 aliphatic heterocycles. The Labute approximate surface area is 258 Å². The second kappa shape index (κ2) is 25.5. The van der Waals surface area contributed by atoms with E-state index in [9.17, 15) is 34.6 Å². The van der Waals surface area contributed by atoms with Gasteiger partial charge in [0.2, 0.25) is 5.91 Å². The van der Waals surface area contributed by atoms with E-state index < -0.39 is 28.2 Å². The fraction of sp³-hybridized carbons (Fsp3) is 0.690. The Balaban J connectivity index is 0.00000142. The number of benzene rings is 1. The van der Waals surface area contributed by atoms with Crippen LogP contribution in [-0.2, 0) is 40.0 Å². The monoisotopic (exact) mass is 628 g/mol. The molecule has 2 unspecified atom stereocenters. The van der Waals surface area contributed by atoms with Gasteiger partial charge < -0.3 is 24.0 Å². The molecule has 0 aromatic heterocycles. The SMILES string of the molecule is CCCCN(C(=O)C(C)NC(CCc1ccccc1)C(=O)OCCCCO[N+](=O)[O-])C(C)C.O=COCCCCO[N+](=O)[O-]. The standard InChI is InChI=1S/C24H39N3O6.C5H9NO5/c1-5-6-16-26(19(2)3)23(28)20(4)25-22(15-14-21-12-8-7-9-13-21)24(29)32-17-10-11-18-33-27(30)31;7-5-10-3-1-2-4-11-6(8)9/h7-9,12-13,19-20,22,25H,5-6,10-11,14-18H2,1-4H3;5H,1-4H2. The average molecular weight is 629 g/mol. The van der Waals surface area contributed by atoms with Gasteiger partial charge in [-0.05, 0) is 71.3 Å². The third-order valence-corrected chi connectivity index (χ3v) is 6.23. The summed E-state index contributed by atoms with van der Waals surface area (Å²) in [7, 11) is 0. The molecule has 15 nitrogen and oxygen atoms in total. The first-order chi connectivity index (χ1) is 21.0. The smallest absolute Gasteiger partial charge is 0.323 e. The highest BCUT2D eigenvalue weighted by Crippen LogP contribution is 2.10. The van der Waals surface area contributed by atoms with Gasteiger partial charge in [-0.3, -0.25) is 19.7 Å². The third-order valence-electron chi connectivity index (χ3n) is 6.23. The van der Waals surface area contributed by atoms with Crippen molar-refractivity contribution in [1.82, 2.24) is 10.2 Å². The maximum absolute atomic E-state index is 13.1. The number of nitrogens with one attached hydrogen (secondary N) is 1. The van der Waals surface area contributed by atoms with Crippen LogP contribution < -0.4 is 5.32 Å². The molecule has 0 spiro atoms. The number of aryl methyl sites for hydroxylation is 1. The van der Waals surface area contributed by atoms with Crippen molar-refractivity contribution in [1.29, 1.82) is 0 Å². The summed E-state index contributed by atoms with van der Waals surface area (Å²) in [5, 5.41) is 21.3. The Morgan fingerprint density at radius 3 is 2.00 bits per heavy atom. The number of esters is 1. The molecule has 0 saturated carbocycles. The van der Waals surface area contributed by atoms with E-state index in [0.29, 0.717) is 51.5 Å². The summed E-state index contributed by atoms with van der Waals surface area (Å²) in [6, 6.07) is 8.73. The van der Waals surface area contributed by atoms with E-state index in [4.69, 9.17) is 4.74 Å². The van der Waals surface area contributed by atoms with Crippen LogP contribution in [-0.4, -0.2) is 84.5 Å². The van der Waals surface area contributed by atoms with Crippen LogP contribution in [0.4, 0.5) is 0 Å². The fourth-order valence-electron chi connectivity index (χ4n) is 3.89. The average Bonchev–Trinajstić information content (AvgIpc) is 2.99. The Hall–Kier alpha value is -4.01. The van der Waals surface area contributed by atoms with E-state index in [1.165, 1.54) is 0 Å². The highest BCUT2D eigenvalue weighted by Gasteiger charge is 2.28. The molecule has 0 aliphatic carbocycles. The molecule has 0 saturated heterocycles. The van der Waals surface area contributed by atoms with Gasteiger partial charge in [0, 0.05) is 12.6 Å². The Morgan fingerprint density at radius 2 is 1.48 bits per heavy atom. The number of rotatable bonds is 24. The normalized spacial score (nSPS) is 11.8. The lowest BCUT2D eigenvalue weighted by Crippen LogP contribution is -2.53. The van der Waals surface area contributed by atoms with E-state index in [2.05, 4.69) is 26.7 Å². The number of hydrogen-bond acceptors (Lipinski definition) is 12. The van der Waals surface area contributed by atoms with Crippen molar-refractivity contribution in [2.24, 2.45) is 0 Å². The van der Waals surface area contributed by atoms with Crippen molar-refractivity contribution in [3.05, 3.63) is 56.1 Å². The molecular weight excluding hydrogens is 580 g/mol. The number of carbonyl (C=O) groups excluding carboxylic acids is 3. The van der Waals surface area contributed by atoms with Crippen LogP contribution in [0.5, 0.6) is 0 Å². The van der Waals surface area contributed by atoms with Gasteiger partial charge in [-0.15, -0.1) is 20.2 Å². The van der Waals surface area contributed by atoms with Gasteiger partial charge >= 0.3 is 5.97 Å². The van der Waals surface area contributed by atoms with Gasteiger partial charge in [0.25, 0.3) is 16.6 Å². The number of amides is 1. The third kappa shape index (κ3) is 20.8. The molecule has 1 aromatic rings. The number of carbonyl (C=O) groups is 3. The summed E-state index contributed by atoms with van der Waals surface area (Å²) in [6.45, 7) is 9.31. The summed E-state index contributed by atoms with van der Waals surface area (Å²) in [5.41, 5.74) is 1.10. The highest BCUT2D eigenvalue weighted by atomic mass is 17.0. The molecule has 0 aliphatic rings. The lowest BCUT2D eigenvalue weighted by atomic mass is 10.0. The Morgan fingerprint density at radius 1 is 0.909 bits per heavy atom. The Kier molecular flexibility index (Phi) is 23.2. The van der Waals surface area contributed by atoms with Crippen LogP contribution in [0.1, 0.15) is 78.2 Å².